The zero-order valence-corrected chi connectivity index (χ0v) is 19.4. The van der Waals surface area contributed by atoms with Crippen LogP contribution >= 0.6 is 0 Å². The van der Waals surface area contributed by atoms with Crippen LogP contribution in [0.5, 0.6) is 5.75 Å². The van der Waals surface area contributed by atoms with Crippen LogP contribution in [0, 0.1) is 0 Å². The topological polar surface area (TPSA) is 85.6 Å². The molecule has 1 aliphatic heterocycles. The summed E-state index contributed by atoms with van der Waals surface area (Å²) in [7, 11) is 3.17. The lowest BCUT2D eigenvalue weighted by Gasteiger charge is -2.31. The van der Waals surface area contributed by atoms with E-state index < -0.39 is 11.1 Å². The van der Waals surface area contributed by atoms with Crippen molar-refractivity contribution < 1.29 is 9.53 Å². The third-order valence-corrected chi connectivity index (χ3v) is 6.28. The molecule has 1 aliphatic rings. The predicted molar refractivity (Wildman–Crippen MR) is 130 cm³/mol. The molecule has 3 aromatic rings. The summed E-state index contributed by atoms with van der Waals surface area (Å²) in [6, 6.07) is 11.3. The van der Waals surface area contributed by atoms with Crippen molar-refractivity contribution in [1.82, 2.24) is 9.13 Å². The molecule has 0 aliphatic carbocycles. The highest BCUT2D eigenvalue weighted by atomic mass is 16.5. The third-order valence-electron chi connectivity index (χ3n) is 6.28. The minimum absolute atomic E-state index is 0.130. The second kappa shape index (κ2) is 9.52. The van der Waals surface area contributed by atoms with Crippen LogP contribution in [-0.4, -0.2) is 34.7 Å². The van der Waals surface area contributed by atoms with Gasteiger partial charge in [0.15, 0.2) is 6.61 Å². The summed E-state index contributed by atoms with van der Waals surface area (Å²) in [5.74, 6) is 0.344. The Morgan fingerprint density at radius 2 is 1.55 bits per heavy atom. The van der Waals surface area contributed by atoms with E-state index >= 15 is 0 Å². The molecule has 0 radical (unpaired) electrons. The van der Waals surface area contributed by atoms with Gasteiger partial charge in [-0.1, -0.05) is 19.1 Å². The lowest BCUT2D eigenvalue weighted by Crippen LogP contribution is -2.39. The SMILES string of the molecule is CCc1ccc(OCC(=O)Nc2cc3c(cc2N2CCCCC2)n(C)c(=O)c(=O)n3C)cc1. The summed E-state index contributed by atoms with van der Waals surface area (Å²) in [6.45, 7) is 3.69. The molecule has 174 valence electrons. The molecule has 4 rings (SSSR count). The van der Waals surface area contributed by atoms with Crippen LogP contribution < -0.4 is 26.1 Å². The number of anilines is 2. The Kier molecular flexibility index (Phi) is 6.53. The number of aryl methyl sites for hydroxylation is 3. The Balaban J connectivity index is 1.65. The van der Waals surface area contributed by atoms with Crippen molar-refractivity contribution in [3.8, 4) is 5.75 Å². The number of hydrogen-bond acceptors (Lipinski definition) is 5. The monoisotopic (exact) mass is 450 g/mol. The van der Waals surface area contributed by atoms with Gasteiger partial charge in [0, 0.05) is 27.2 Å². The second-order valence-electron chi connectivity index (χ2n) is 8.47. The number of nitrogens with zero attached hydrogens (tertiary/aromatic N) is 3. The zero-order chi connectivity index (χ0) is 23.5. The standard InChI is InChI=1S/C25H30N4O4/c1-4-17-8-10-18(11-9-17)33-16-23(30)26-19-14-21-22(28(3)25(32)24(31)27(21)2)15-20(19)29-12-6-5-7-13-29/h8-11,14-15H,4-7,12-13,16H2,1-3H3,(H,26,30). The number of benzene rings is 2. The maximum atomic E-state index is 12.8. The predicted octanol–water partition coefficient (Wildman–Crippen LogP) is 2.81. The second-order valence-corrected chi connectivity index (χ2v) is 8.47. The number of carbonyl (C=O) groups excluding carboxylic acids is 1. The van der Waals surface area contributed by atoms with Crippen LogP contribution in [0.4, 0.5) is 11.4 Å². The van der Waals surface area contributed by atoms with Gasteiger partial charge >= 0.3 is 11.1 Å². The molecule has 1 aromatic heterocycles. The molecule has 0 unspecified atom stereocenters. The van der Waals surface area contributed by atoms with E-state index in [9.17, 15) is 14.4 Å². The van der Waals surface area contributed by atoms with Gasteiger partial charge in [0.25, 0.3) is 5.91 Å². The fourth-order valence-electron chi connectivity index (χ4n) is 4.26. The first-order valence-electron chi connectivity index (χ1n) is 11.4. The Morgan fingerprint density at radius 3 is 2.15 bits per heavy atom. The molecule has 1 N–H and O–H groups in total. The quantitative estimate of drug-likeness (QED) is 0.584. The van der Waals surface area contributed by atoms with Crippen molar-refractivity contribution in [1.29, 1.82) is 0 Å². The van der Waals surface area contributed by atoms with Gasteiger partial charge in [-0.15, -0.1) is 0 Å². The largest absolute Gasteiger partial charge is 0.484 e. The lowest BCUT2D eigenvalue weighted by atomic mass is 10.1. The minimum atomic E-state index is -0.605. The van der Waals surface area contributed by atoms with E-state index in [1.807, 2.05) is 30.3 Å². The van der Waals surface area contributed by atoms with Crippen LogP contribution in [0.2, 0.25) is 0 Å². The number of nitrogens with one attached hydrogen (secondary N) is 1. The molecule has 2 aromatic carbocycles. The Bertz CT molecular complexity index is 1280. The first kappa shape index (κ1) is 22.6. The molecule has 1 amide bonds. The summed E-state index contributed by atoms with van der Waals surface area (Å²) < 4.78 is 8.37. The Labute approximate surface area is 192 Å². The van der Waals surface area contributed by atoms with Crippen molar-refractivity contribution >= 4 is 28.3 Å². The van der Waals surface area contributed by atoms with Crippen LogP contribution in [0.3, 0.4) is 0 Å². The van der Waals surface area contributed by atoms with Gasteiger partial charge in [0.1, 0.15) is 5.75 Å². The number of hydrogen-bond donors (Lipinski definition) is 1. The van der Waals surface area contributed by atoms with Crippen LogP contribution in [-0.2, 0) is 25.3 Å². The Hall–Kier alpha value is -3.55. The van der Waals surface area contributed by atoms with E-state index in [2.05, 4.69) is 17.1 Å². The molecule has 0 spiro atoms. The molecule has 33 heavy (non-hydrogen) atoms. The third kappa shape index (κ3) is 4.65. The number of piperidine rings is 1. The van der Waals surface area contributed by atoms with Crippen molar-refractivity contribution in [2.75, 3.05) is 29.9 Å². The first-order chi connectivity index (χ1) is 15.9. The summed E-state index contributed by atoms with van der Waals surface area (Å²) in [5.41, 5.74) is 2.70. The summed E-state index contributed by atoms with van der Waals surface area (Å²) in [4.78, 5) is 39.7. The van der Waals surface area contributed by atoms with Crippen molar-refractivity contribution in [2.45, 2.75) is 32.6 Å². The van der Waals surface area contributed by atoms with Crippen molar-refractivity contribution in [3.05, 3.63) is 62.7 Å². The van der Waals surface area contributed by atoms with E-state index in [4.69, 9.17) is 4.74 Å². The number of fused-ring (bicyclic) bond motifs is 1. The molecule has 0 atom stereocenters. The van der Waals surface area contributed by atoms with Crippen molar-refractivity contribution in [2.24, 2.45) is 14.1 Å². The fourth-order valence-corrected chi connectivity index (χ4v) is 4.26. The fraction of sp³-hybridized carbons (Fsp3) is 0.400. The Morgan fingerprint density at radius 1 is 0.939 bits per heavy atom. The summed E-state index contributed by atoms with van der Waals surface area (Å²) in [6.07, 6.45) is 4.24. The maximum Gasteiger partial charge on any atom is 0.316 e. The molecule has 8 nitrogen and oxygen atoms in total. The molecule has 8 heteroatoms. The van der Waals surface area contributed by atoms with Crippen LogP contribution in [0.1, 0.15) is 31.7 Å². The van der Waals surface area contributed by atoms with E-state index in [1.54, 1.807) is 20.2 Å². The van der Waals surface area contributed by atoms with Gasteiger partial charge in [-0.25, -0.2) is 0 Å². The smallest absolute Gasteiger partial charge is 0.316 e. The highest BCUT2D eigenvalue weighted by Crippen LogP contribution is 2.32. The maximum absolute atomic E-state index is 12.8. The van der Waals surface area contributed by atoms with E-state index in [1.165, 1.54) is 21.1 Å². The summed E-state index contributed by atoms with van der Waals surface area (Å²) >= 11 is 0. The number of rotatable bonds is 6. The first-order valence-corrected chi connectivity index (χ1v) is 11.4. The van der Waals surface area contributed by atoms with Gasteiger partial charge in [-0.3, -0.25) is 14.4 Å². The minimum Gasteiger partial charge on any atom is -0.484 e. The molecular weight excluding hydrogens is 420 g/mol. The molecule has 2 heterocycles. The van der Waals surface area contributed by atoms with Gasteiger partial charge in [-0.05, 0) is 55.5 Å². The van der Waals surface area contributed by atoms with E-state index in [0.717, 1.165) is 38.0 Å². The molecule has 0 bridgehead atoms. The van der Waals surface area contributed by atoms with Gasteiger partial charge in [-0.2, -0.15) is 0 Å². The number of aromatic nitrogens is 2. The number of carbonyl (C=O) groups is 1. The van der Waals surface area contributed by atoms with Crippen molar-refractivity contribution in [3.63, 3.8) is 0 Å². The van der Waals surface area contributed by atoms with Gasteiger partial charge in [0.05, 0.1) is 22.4 Å². The molecule has 1 fully saturated rings. The van der Waals surface area contributed by atoms with E-state index in [0.29, 0.717) is 22.5 Å². The zero-order valence-electron chi connectivity index (χ0n) is 19.4. The average molecular weight is 451 g/mol. The molecular formula is C25H30N4O4. The van der Waals surface area contributed by atoms with Gasteiger partial charge < -0.3 is 24.1 Å². The molecule has 0 saturated carbocycles. The highest BCUT2D eigenvalue weighted by Gasteiger charge is 2.20. The molecule has 1 saturated heterocycles. The van der Waals surface area contributed by atoms with Crippen LogP contribution in [0.15, 0.2) is 46.0 Å². The normalized spacial score (nSPS) is 13.8. The number of amides is 1. The summed E-state index contributed by atoms with van der Waals surface area (Å²) in [5, 5.41) is 2.97. The van der Waals surface area contributed by atoms with Gasteiger partial charge in [0.2, 0.25) is 0 Å². The van der Waals surface area contributed by atoms with Crippen LogP contribution in [0.25, 0.3) is 11.0 Å². The van der Waals surface area contributed by atoms with E-state index in [-0.39, 0.29) is 12.5 Å². The average Bonchev–Trinajstić information content (AvgIpc) is 2.85. The number of ether oxygens (including phenoxy) is 1. The lowest BCUT2D eigenvalue weighted by molar-refractivity contribution is -0.118. The highest BCUT2D eigenvalue weighted by molar-refractivity contribution is 5.99.